The zero-order valence-electron chi connectivity index (χ0n) is 9.92. The summed E-state index contributed by atoms with van der Waals surface area (Å²) < 4.78 is 0. The molecule has 2 unspecified atom stereocenters. The van der Waals surface area contributed by atoms with Gasteiger partial charge in [-0.25, -0.2) is 0 Å². The molecular weight excluding hydrogens is 250 g/mol. The van der Waals surface area contributed by atoms with Gasteiger partial charge >= 0.3 is 0 Å². The molecule has 1 aromatic carbocycles. The smallest absolute Gasteiger partial charge is 0.239 e. The zero-order valence-corrected chi connectivity index (χ0v) is 10.7. The Morgan fingerprint density at radius 2 is 1.78 bits per heavy atom. The van der Waals surface area contributed by atoms with Crippen molar-refractivity contribution in [1.29, 1.82) is 0 Å². The fraction of sp³-hybridized carbons (Fsp3) is 0.250. The molecular formula is C12H15N3O2S. The lowest BCUT2D eigenvalue weighted by atomic mass is 9.98. The molecule has 96 valence electrons. The van der Waals surface area contributed by atoms with E-state index < -0.39 is 23.8 Å². The first-order valence-corrected chi connectivity index (χ1v) is 5.78. The second kappa shape index (κ2) is 6.11. The molecule has 6 heteroatoms. The largest absolute Gasteiger partial charge is 0.392 e. The predicted molar refractivity (Wildman–Crippen MR) is 72.8 cm³/mol. The molecule has 0 radical (unpaired) electrons. The van der Waals surface area contributed by atoms with Crippen molar-refractivity contribution in [2.75, 3.05) is 0 Å². The molecule has 2 atom stereocenters. The van der Waals surface area contributed by atoms with Gasteiger partial charge in [-0.2, -0.15) is 0 Å². The van der Waals surface area contributed by atoms with Crippen molar-refractivity contribution in [2.45, 2.75) is 18.9 Å². The minimum Gasteiger partial charge on any atom is -0.392 e. The fourth-order valence-electron chi connectivity index (χ4n) is 1.46. The number of primary amides is 1. The van der Waals surface area contributed by atoms with E-state index in [1.807, 2.05) is 6.07 Å². The van der Waals surface area contributed by atoms with Gasteiger partial charge in [-0.1, -0.05) is 42.5 Å². The van der Waals surface area contributed by atoms with Crippen LogP contribution in [0.25, 0.3) is 0 Å². The van der Waals surface area contributed by atoms with Crippen LogP contribution in [0.3, 0.4) is 0 Å². The Kier molecular flexibility index (Phi) is 4.79. The number of carbonyl (C=O) groups is 2. The van der Waals surface area contributed by atoms with Gasteiger partial charge in [-0.3, -0.25) is 9.59 Å². The lowest BCUT2D eigenvalue weighted by Gasteiger charge is -2.18. The Balaban J connectivity index is 2.90. The number of hydrogen-bond acceptors (Lipinski definition) is 3. The van der Waals surface area contributed by atoms with Gasteiger partial charge in [0.2, 0.25) is 11.8 Å². The van der Waals surface area contributed by atoms with Crippen LogP contribution in [-0.2, 0) is 9.59 Å². The fourth-order valence-corrected chi connectivity index (χ4v) is 1.70. The van der Waals surface area contributed by atoms with E-state index in [-0.39, 0.29) is 4.99 Å². The first-order valence-electron chi connectivity index (χ1n) is 5.37. The average Bonchev–Trinajstić information content (AvgIpc) is 2.29. The maximum Gasteiger partial charge on any atom is 0.239 e. The summed E-state index contributed by atoms with van der Waals surface area (Å²) in [5.74, 6) is -1.80. The highest BCUT2D eigenvalue weighted by molar-refractivity contribution is 7.80. The standard InChI is InChI=1S/C12H15N3O2S/c1-7(10(13)16)15-12(17)9(11(14)18)8-5-3-2-4-6-8/h2-7,9H,1H3,(H2,13,16)(H2,14,18)(H,15,17). The van der Waals surface area contributed by atoms with Gasteiger partial charge in [0, 0.05) is 0 Å². The highest BCUT2D eigenvalue weighted by atomic mass is 32.1. The first-order chi connectivity index (χ1) is 8.43. The number of amides is 2. The molecule has 1 aromatic rings. The summed E-state index contributed by atoms with van der Waals surface area (Å²) >= 11 is 4.89. The quantitative estimate of drug-likeness (QED) is 0.655. The van der Waals surface area contributed by atoms with E-state index in [9.17, 15) is 9.59 Å². The van der Waals surface area contributed by atoms with E-state index in [1.165, 1.54) is 6.92 Å². The average molecular weight is 265 g/mol. The third-order valence-electron chi connectivity index (χ3n) is 2.47. The van der Waals surface area contributed by atoms with Crippen molar-refractivity contribution in [1.82, 2.24) is 5.32 Å². The van der Waals surface area contributed by atoms with Crippen LogP contribution in [0, 0.1) is 0 Å². The lowest BCUT2D eigenvalue weighted by molar-refractivity contribution is -0.127. The van der Waals surface area contributed by atoms with Gasteiger partial charge in [-0.05, 0) is 12.5 Å². The van der Waals surface area contributed by atoms with Gasteiger partial charge in [0.05, 0.1) is 4.99 Å². The van der Waals surface area contributed by atoms with Gasteiger partial charge < -0.3 is 16.8 Å². The van der Waals surface area contributed by atoms with E-state index in [0.717, 1.165) is 0 Å². The minimum absolute atomic E-state index is 0.0513. The molecule has 0 aliphatic carbocycles. The molecule has 2 amide bonds. The van der Waals surface area contributed by atoms with Crippen LogP contribution >= 0.6 is 12.2 Å². The van der Waals surface area contributed by atoms with Crippen molar-refractivity contribution < 1.29 is 9.59 Å². The number of hydrogen-bond donors (Lipinski definition) is 3. The number of benzene rings is 1. The van der Waals surface area contributed by atoms with Crippen molar-refractivity contribution in [3.63, 3.8) is 0 Å². The molecule has 0 fully saturated rings. The van der Waals surface area contributed by atoms with Crippen molar-refractivity contribution in [2.24, 2.45) is 11.5 Å². The van der Waals surface area contributed by atoms with Crippen LogP contribution in [0.1, 0.15) is 18.4 Å². The Morgan fingerprint density at radius 1 is 1.22 bits per heavy atom. The highest BCUT2D eigenvalue weighted by Gasteiger charge is 2.25. The molecule has 0 aromatic heterocycles. The molecule has 0 spiro atoms. The number of carbonyl (C=O) groups excluding carboxylic acids is 2. The summed E-state index contributed by atoms with van der Waals surface area (Å²) in [5.41, 5.74) is 11.3. The number of thiocarbonyl (C=S) groups is 1. The second-order valence-corrected chi connectivity index (χ2v) is 4.35. The van der Waals surface area contributed by atoms with Crippen LogP contribution < -0.4 is 16.8 Å². The predicted octanol–water partition coefficient (Wildman–Crippen LogP) is 0.0463. The molecule has 1 rings (SSSR count). The van der Waals surface area contributed by atoms with Gasteiger partial charge in [0.25, 0.3) is 0 Å². The van der Waals surface area contributed by atoms with E-state index >= 15 is 0 Å². The maximum atomic E-state index is 12.0. The molecule has 0 saturated carbocycles. The van der Waals surface area contributed by atoms with E-state index in [1.54, 1.807) is 24.3 Å². The summed E-state index contributed by atoms with van der Waals surface area (Å²) in [6, 6.07) is 8.12. The van der Waals surface area contributed by atoms with E-state index in [2.05, 4.69) is 5.32 Å². The number of rotatable bonds is 5. The monoisotopic (exact) mass is 265 g/mol. The van der Waals surface area contributed by atoms with Crippen LogP contribution in [0.2, 0.25) is 0 Å². The van der Waals surface area contributed by atoms with E-state index in [0.29, 0.717) is 5.56 Å². The molecule has 5 N–H and O–H groups in total. The third kappa shape index (κ3) is 3.53. The Labute approximate surface area is 111 Å². The molecule has 5 nitrogen and oxygen atoms in total. The van der Waals surface area contributed by atoms with E-state index in [4.69, 9.17) is 23.7 Å². The molecule has 0 bridgehead atoms. The summed E-state index contributed by atoms with van der Waals surface area (Å²) in [6.45, 7) is 1.50. The molecule has 0 saturated heterocycles. The molecule has 0 aliphatic heterocycles. The minimum atomic E-state index is -0.766. The van der Waals surface area contributed by atoms with Crippen LogP contribution in [-0.4, -0.2) is 22.8 Å². The molecule has 0 aliphatic rings. The van der Waals surface area contributed by atoms with Crippen LogP contribution in [0.5, 0.6) is 0 Å². The zero-order chi connectivity index (χ0) is 13.7. The summed E-state index contributed by atoms with van der Waals surface area (Å²) in [7, 11) is 0. The van der Waals surface area contributed by atoms with Gasteiger partial charge in [0.1, 0.15) is 12.0 Å². The first kappa shape index (κ1) is 14.1. The topological polar surface area (TPSA) is 98.2 Å². The summed E-state index contributed by atoms with van der Waals surface area (Å²) in [5, 5.41) is 2.48. The van der Waals surface area contributed by atoms with Crippen molar-refractivity contribution >= 4 is 29.0 Å². The van der Waals surface area contributed by atoms with Crippen molar-refractivity contribution in [3.8, 4) is 0 Å². The highest BCUT2D eigenvalue weighted by Crippen LogP contribution is 2.16. The summed E-state index contributed by atoms with van der Waals surface area (Å²) in [4.78, 5) is 23.0. The Bertz CT molecular complexity index is 462. The van der Waals surface area contributed by atoms with Crippen LogP contribution in [0.4, 0.5) is 0 Å². The SMILES string of the molecule is CC(NC(=O)C(C(N)=S)c1ccccc1)C(N)=O. The molecule has 0 heterocycles. The van der Waals surface area contributed by atoms with Gasteiger partial charge in [-0.15, -0.1) is 0 Å². The second-order valence-electron chi connectivity index (χ2n) is 3.88. The third-order valence-corrected chi connectivity index (χ3v) is 2.70. The Morgan fingerprint density at radius 3 is 2.22 bits per heavy atom. The normalized spacial score (nSPS) is 13.4. The number of nitrogens with two attached hydrogens (primary N) is 2. The molecule has 18 heavy (non-hydrogen) atoms. The Hall–Kier alpha value is -1.95. The van der Waals surface area contributed by atoms with Crippen LogP contribution in [0.15, 0.2) is 30.3 Å². The maximum absolute atomic E-state index is 12.0. The van der Waals surface area contributed by atoms with Gasteiger partial charge in [0.15, 0.2) is 0 Å². The lowest BCUT2D eigenvalue weighted by Crippen LogP contribution is -2.46. The number of nitrogens with one attached hydrogen (secondary N) is 1. The summed E-state index contributed by atoms with van der Waals surface area (Å²) in [6.07, 6.45) is 0. The van der Waals surface area contributed by atoms with Crippen molar-refractivity contribution in [3.05, 3.63) is 35.9 Å².